The molecule has 0 N–H and O–H groups in total. The molecule has 0 aliphatic rings. The van der Waals surface area contributed by atoms with Gasteiger partial charge in [-0.2, -0.15) is 10.2 Å². The molecule has 152 valence electrons. The zero-order valence-electron chi connectivity index (χ0n) is 16.1. The van der Waals surface area contributed by atoms with Crippen molar-refractivity contribution in [1.82, 2.24) is 10.1 Å². The van der Waals surface area contributed by atoms with E-state index in [0.29, 0.717) is 23.2 Å². The summed E-state index contributed by atoms with van der Waals surface area (Å²) < 4.78 is 15.5. The molecule has 3 rings (SSSR count). The van der Waals surface area contributed by atoms with Gasteiger partial charge in [-0.3, -0.25) is 9.69 Å². The highest BCUT2D eigenvalue weighted by molar-refractivity contribution is 5.97. The lowest BCUT2D eigenvalue weighted by Crippen LogP contribution is -2.35. The van der Waals surface area contributed by atoms with Crippen molar-refractivity contribution in [1.29, 1.82) is 5.26 Å². The summed E-state index contributed by atoms with van der Waals surface area (Å²) in [6.07, 6.45) is 0. The second-order valence-corrected chi connectivity index (χ2v) is 6.09. The first-order valence-corrected chi connectivity index (χ1v) is 8.98. The summed E-state index contributed by atoms with van der Waals surface area (Å²) in [5, 5.41) is 12.7. The van der Waals surface area contributed by atoms with Crippen molar-refractivity contribution < 1.29 is 23.6 Å². The molecule has 0 aliphatic carbocycles. The Morgan fingerprint density at radius 2 is 1.87 bits per heavy atom. The van der Waals surface area contributed by atoms with Gasteiger partial charge in [0, 0.05) is 12.6 Å². The lowest BCUT2D eigenvalue weighted by atomic mass is 10.2. The zero-order chi connectivity index (χ0) is 21.3. The predicted octanol–water partition coefficient (Wildman–Crippen LogP) is 2.67. The van der Waals surface area contributed by atoms with Gasteiger partial charge in [0.05, 0.1) is 11.6 Å². The van der Waals surface area contributed by atoms with Crippen molar-refractivity contribution in [2.24, 2.45) is 0 Å². The van der Waals surface area contributed by atoms with E-state index >= 15 is 0 Å². The van der Waals surface area contributed by atoms with E-state index in [1.807, 2.05) is 6.07 Å². The van der Waals surface area contributed by atoms with E-state index in [1.165, 1.54) is 17.0 Å². The Kier molecular flexibility index (Phi) is 6.74. The normalized spacial score (nSPS) is 10.1. The van der Waals surface area contributed by atoms with Gasteiger partial charge in [0.2, 0.25) is 11.7 Å². The van der Waals surface area contributed by atoms with E-state index < -0.39 is 18.5 Å². The Bertz CT molecular complexity index is 1040. The number of amides is 1. The largest absolute Gasteiger partial charge is 0.485 e. The van der Waals surface area contributed by atoms with E-state index in [-0.39, 0.29) is 18.7 Å². The molecule has 0 fully saturated rings. The Morgan fingerprint density at radius 1 is 1.13 bits per heavy atom. The average Bonchev–Trinajstić information content (AvgIpc) is 3.20. The summed E-state index contributed by atoms with van der Waals surface area (Å²) in [5.74, 6) is 0.214. The SMILES string of the molecule is Cc1nc(COc2ccc(C(=O)OCC(=O)N(CC#N)c3ccccc3)cc2)no1. The van der Waals surface area contributed by atoms with Crippen LogP contribution in [0.4, 0.5) is 5.69 Å². The number of nitrogens with zero attached hydrogens (tertiary/aromatic N) is 4. The van der Waals surface area contributed by atoms with Crippen molar-refractivity contribution in [3.63, 3.8) is 0 Å². The molecule has 9 heteroatoms. The standard InChI is InChI=1S/C21H18N4O5/c1-15-23-19(24-30-15)13-28-18-9-7-16(8-10-18)21(27)29-14-20(26)25(12-11-22)17-5-3-2-4-6-17/h2-10H,12-14H2,1H3. The second-order valence-electron chi connectivity index (χ2n) is 6.09. The van der Waals surface area contributed by atoms with Crippen molar-refractivity contribution in [3.8, 4) is 11.8 Å². The molecular formula is C21H18N4O5. The highest BCUT2D eigenvalue weighted by Gasteiger charge is 2.18. The Hall–Kier alpha value is -4.19. The van der Waals surface area contributed by atoms with E-state index in [1.54, 1.807) is 49.4 Å². The molecule has 0 spiro atoms. The highest BCUT2D eigenvalue weighted by atomic mass is 16.5. The third kappa shape index (κ3) is 5.42. The number of carbonyl (C=O) groups is 2. The molecule has 0 unspecified atom stereocenters. The van der Waals surface area contributed by atoms with Gasteiger partial charge in [-0.05, 0) is 36.4 Å². The van der Waals surface area contributed by atoms with E-state index in [2.05, 4.69) is 10.1 Å². The van der Waals surface area contributed by atoms with Crippen molar-refractivity contribution in [2.75, 3.05) is 18.1 Å². The third-order valence-electron chi connectivity index (χ3n) is 3.95. The molecule has 0 bridgehead atoms. The molecule has 1 heterocycles. The van der Waals surface area contributed by atoms with Crippen LogP contribution >= 0.6 is 0 Å². The number of rotatable bonds is 8. The van der Waals surface area contributed by atoms with Crippen LogP contribution in [0, 0.1) is 18.3 Å². The summed E-state index contributed by atoms with van der Waals surface area (Å²) in [6.45, 7) is 1.18. The van der Waals surface area contributed by atoms with Gasteiger partial charge in [0.1, 0.15) is 12.3 Å². The fourth-order valence-corrected chi connectivity index (χ4v) is 2.53. The minimum atomic E-state index is -0.659. The van der Waals surface area contributed by atoms with E-state index in [4.69, 9.17) is 19.3 Å². The van der Waals surface area contributed by atoms with Crippen LogP contribution in [-0.4, -0.2) is 35.2 Å². The predicted molar refractivity (Wildman–Crippen MR) is 104 cm³/mol. The number of hydrogen-bond donors (Lipinski definition) is 0. The number of benzene rings is 2. The van der Waals surface area contributed by atoms with Crippen molar-refractivity contribution >= 4 is 17.6 Å². The van der Waals surface area contributed by atoms with Gasteiger partial charge < -0.3 is 14.0 Å². The quantitative estimate of drug-likeness (QED) is 0.414. The summed E-state index contributed by atoms with van der Waals surface area (Å²) in [5.41, 5.74) is 0.815. The number of carbonyl (C=O) groups excluding carboxylic acids is 2. The van der Waals surface area contributed by atoms with Gasteiger partial charge >= 0.3 is 5.97 Å². The topological polar surface area (TPSA) is 119 Å². The fourth-order valence-electron chi connectivity index (χ4n) is 2.53. The van der Waals surface area contributed by atoms with Gasteiger partial charge in [-0.1, -0.05) is 23.4 Å². The summed E-state index contributed by atoms with van der Waals surface area (Å²) in [7, 11) is 0. The van der Waals surface area contributed by atoms with Crippen LogP contribution in [0.5, 0.6) is 5.75 Å². The lowest BCUT2D eigenvalue weighted by molar-refractivity contribution is -0.121. The number of para-hydroxylation sites is 1. The van der Waals surface area contributed by atoms with E-state index in [9.17, 15) is 9.59 Å². The van der Waals surface area contributed by atoms with Crippen LogP contribution in [0.25, 0.3) is 0 Å². The van der Waals surface area contributed by atoms with Crippen molar-refractivity contribution in [2.45, 2.75) is 13.5 Å². The van der Waals surface area contributed by atoms with Crippen LogP contribution in [-0.2, 0) is 16.1 Å². The zero-order valence-corrected chi connectivity index (χ0v) is 16.1. The number of esters is 1. The molecule has 0 saturated carbocycles. The molecule has 3 aromatic rings. The molecule has 0 saturated heterocycles. The van der Waals surface area contributed by atoms with Crippen LogP contribution in [0.2, 0.25) is 0 Å². The maximum absolute atomic E-state index is 12.4. The Balaban J connectivity index is 1.53. The maximum Gasteiger partial charge on any atom is 0.338 e. The van der Waals surface area contributed by atoms with Gasteiger partial charge in [0.25, 0.3) is 5.91 Å². The summed E-state index contributed by atoms with van der Waals surface area (Å²) in [6, 6.07) is 16.9. The Labute approximate surface area is 172 Å². The smallest absolute Gasteiger partial charge is 0.338 e. The second kappa shape index (κ2) is 9.84. The monoisotopic (exact) mass is 406 g/mol. The minimum Gasteiger partial charge on any atom is -0.485 e. The van der Waals surface area contributed by atoms with Gasteiger partial charge in [-0.15, -0.1) is 0 Å². The molecule has 30 heavy (non-hydrogen) atoms. The summed E-state index contributed by atoms with van der Waals surface area (Å²) in [4.78, 5) is 29.9. The average molecular weight is 406 g/mol. The number of aromatic nitrogens is 2. The molecule has 0 aliphatic heterocycles. The first kappa shape index (κ1) is 20.5. The maximum atomic E-state index is 12.4. The number of nitriles is 1. The van der Waals surface area contributed by atoms with Crippen LogP contribution in [0.3, 0.4) is 0 Å². The van der Waals surface area contributed by atoms with Crippen LogP contribution in [0.15, 0.2) is 59.1 Å². The fraction of sp³-hybridized carbons (Fsp3) is 0.190. The molecule has 1 amide bonds. The molecule has 9 nitrogen and oxygen atoms in total. The molecular weight excluding hydrogens is 388 g/mol. The first-order valence-electron chi connectivity index (χ1n) is 8.98. The third-order valence-corrected chi connectivity index (χ3v) is 3.95. The molecule has 0 atom stereocenters. The number of ether oxygens (including phenoxy) is 2. The van der Waals surface area contributed by atoms with Crippen LogP contribution < -0.4 is 9.64 Å². The van der Waals surface area contributed by atoms with Gasteiger partial charge in [0.15, 0.2) is 13.2 Å². The van der Waals surface area contributed by atoms with Crippen LogP contribution in [0.1, 0.15) is 22.1 Å². The number of hydrogen-bond acceptors (Lipinski definition) is 8. The molecule has 0 radical (unpaired) electrons. The summed E-state index contributed by atoms with van der Waals surface area (Å²) >= 11 is 0. The minimum absolute atomic E-state index is 0.129. The first-order chi connectivity index (χ1) is 14.6. The van der Waals surface area contributed by atoms with Crippen molar-refractivity contribution in [3.05, 3.63) is 71.9 Å². The molecule has 2 aromatic carbocycles. The number of anilines is 1. The van der Waals surface area contributed by atoms with Gasteiger partial charge in [-0.25, -0.2) is 4.79 Å². The number of aryl methyl sites for hydroxylation is 1. The Morgan fingerprint density at radius 3 is 2.50 bits per heavy atom. The van der Waals surface area contributed by atoms with E-state index in [0.717, 1.165) is 0 Å². The molecule has 1 aromatic heterocycles. The lowest BCUT2D eigenvalue weighted by Gasteiger charge is -2.19. The highest BCUT2D eigenvalue weighted by Crippen LogP contribution is 2.16.